The second kappa shape index (κ2) is 13.2. The standard InChI is InChI=1S/C32H28ClN7O6/c33-22-7-13-27(40-19-34-38-39-40)21(16-22)6-14-28(41)37-32(17-26(32)20-4-2-1-3-5-20)30(43)35-23-8-10-24(11-9-23)36-31(44)45-18-25-12-15-29(42)46-25/h1-11,13-14,16,19,25-26H,12,15,17-18H2,(H,35,43)(H,36,44)(H,37,41)/b14-6+. The minimum Gasteiger partial charge on any atom is -0.459 e. The van der Waals surface area contributed by atoms with Gasteiger partial charge in [0.15, 0.2) is 0 Å². The molecule has 4 aromatic rings. The van der Waals surface area contributed by atoms with E-state index in [1.807, 2.05) is 30.3 Å². The number of ether oxygens (including phenoxy) is 2. The molecule has 3 unspecified atom stereocenters. The Bertz CT molecular complexity index is 1780. The van der Waals surface area contributed by atoms with Gasteiger partial charge in [0.25, 0.3) is 5.91 Å². The van der Waals surface area contributed by atoms with Gasteiger partial charge in [-0.05, 0) is 77.4 Å². The van der Waals surface area contributed by atoms with E-state index in [4.69, 9.17) is 21.1 Å². The second-order valence-electron chi connectivity index (χ2n) is 10.8. The number of nitrogens with zero attached hydrogens (tertiary/aromatic N) is 4. The van der Waals surface area contributed by atoms with E-state index in [2.05, 4.69) is 31.5 Å². The summed E-state index contributed by atoms with van der Waals surface area (Å²) < 4.78 is 11.6. The number of cyclic esters (lactones) is 1. The highest BCUT2D eigenvalue weighted by Crippen LogP contribution is 2.52. The first kappa shape index (κ1) is 30.5. The summed E-state index contributed by atoms with van der Waals surface area (Å²) in [6, 6.07) is 21.1. The number of carbonyl (C=O) groups excluding carboxylic acids is 4. The van der Waals surface area contributed by atoms with E-state index in [0.29, 0.717) is 46.9 Å². The number of anilines is 2. The molecule has 0 radical (unpaired) electrons. The van der Waals surface area contributed by atoms with E-state index in [1.165, 1.54) is 17.1 Å². The number of aromatic nitrogens is 4. The SMILES string of the molecule is O=C(/C=C/c1cc(Cl)ccc1-n1cnnn1)NC1(C(=O)Nc2ccc(NC(=O)OCC3CCC(=O)O3)cc2)CC1c1ccccc1. The molecule has 6 rings (SSSR count). The fraction of sp³-hybridized carbons (Fsp3) is 0.219. The Morgan fingerprint density at radius 2 is 1.80 bits per heavy atom. The molecule has 2 aliphatic rings. The molecule has 234 valence electrons. The number of hydrogen-bond donors (Lipinski definition) is 3. The summed E-state index contributed by atoms with van der Waals surface area (Å²) in [6.45, 7) is -0.0309. The van der Waals surface area contributed by atoms with Gasteiger partial charge in [-0.15, -0.1) is 5.10 Å². The van der Waals surface area contributed by atoms with Gasteiger partial charge < -0.3 is 20.1 Å². The summed E-state index contributed by atoms with van der Waals surface area (Å²) in [5.74, 6) is -1.41. The average Bonchev–Trinajstić information content (AvgIpc) is 3.33. The maximum Gasteiger partial charge on any atom is 0.411 e. The third kappa shape index (κ3) is 7.05. The minimum absolute atomic E-state index is 0.0309. The highest BCUT2D eigenvalue weighted by Gasteiger charge is 2.61. The number of amides is 3. The van der Waals surface area contributed by atoms with Gasteiger partial charge in [0.1, 0.15) is 24.6 Å². The number of benzene rings is 3. The normalized spacial score (nSPS) is 20.2. The van der Waals surface area contributed by atoms with Crippen molar-refractivity contribution in [3.8, 4) is 5.69 Å². The van der Waals surface area contributed by atoms with Gasteiger partial charge in [-0.2, -0.15) is 4.68 Å². The first-order valence-corrected chi connectivity index (χ1v) is 14.8. The number of rotatable bonds is 10. The van der Waals surface area contributed by atoms with Crippen LogP contribution in [0.2, 0.25) is 5.02 Å². The fourth-order valence-corrected chi connectivity index (χ4v) is 5.45. The Labute approximate surface area is 267 Å². The van der Waals surface area contributed by atoms with Crippen LogP contribution in [0.5, 0.6) is 0 Å². The number of esters is 1. The average molecular weight is 642 g/mol. The van der Waals surface area contributed by atoms with Crippen molar-refractivity contribution in [2.75, 3.05) is 17.2 Å². The molecule has 0 spiro atoms. The van der Waals surface area contributed by atoms with Crippen molar-refractivity contribution < 1.29 is 28.7 Å². The quantitative estimate of drug-likeness (QED) is 0.169. The highest BCUT2D eigenvalue weighted by molar-refractivity contribution is 6.30. The molecular weight excluding hydrogens is 614 g/mol. The topological polar surface area (TPSA) is 166 Å². The molecule has 3 atom stereocenters. The molecule has 13 nitrogen and oxygen atoms in total. The van der Waals surface area contributed by atoms with Crippen LogP contribution in [0.1, 0.15) is 36.3 Å². The van der Waals surface area contributed by atoms with Crippen molar-refractivity contribution >= 4 is 52.9 Å². The lowest BCUT2D eigenvalue weighted by atomic mass is 10.0. The smallest absolute Gasteiger partial charge is 0.411 e. The summed E-state index contributed by atoms with van der Waals surface area (Å²) in [4.78, 5) is 50.3. The van der Waals surface area contributed by atoms with Crippen LogP contribution in [0.3, 0.4) is 0 Å². The van der Waals surface area contributed by atoms with Crippen LogP contribution < -0.4 is 16.0 Å². The first-order valence-electron chi connectivity index (χ1n) is 14.4. The molecule has 14 heteroatoms. The lowest BCUT2D eigenvalue weighted by Crippen LogP contribution is -2.47. The molecule has 46 heavy (non-hydrogen) atoms. The van der Waals surface area contributed by atoms with E-state index < -0.39 is 23.6 Å². The monoisotopic (exact) mass is 641 g/mol. The lowest BCUT2D eigenvalue weighted by molar-refractivity contribution is -0.142. The Hall–Kier alpha value is -5.56. The third-order valence-corrected chi connectivity index (χ3v) is 7.91. The summed E-state index contributed by atoms with van der Waals surface area (Å²) >= 11 is 6.20. The van der Waals surface area contributed by atoms with Crippen LogP contribution >= 0.6 is 11.6 Å². The zero-order valence-corrected chi connectivity index (χ0v) is 25.0. The Morgan fingerprint density at radius 3 is 2.50 bits per heavy atom. The van der Waals surface area contributed by atoms with E-state index in [9.17, 15) is 19.2 Å². The van der Waals surface area contributed by atoms with Crippen molar-refractivity contribution in [2.45, 2.75) is 36.8 Å². The third-order valence-electron chi connectivity index (χ3n) is 7.67. The molecule has 3 N–H and O–H groups in total. The van der Waals surface area contributed by atoms with Crippen LogP contribution in [-0.2, 0) is 23.9 Å². The van der Waals surface area contributed by atoms with Gasteiger partial charge in [0, 0.05) is 40.4 Å². The predicted molar refractivity (Wildman–Crippen MR) is 167 cm³/mol. The number of tetrazole rings is 1. The van der Waals surface area contributed by atoms with Gasteiger partial charge in [0.05, 0.1) is 5.69 Å². The summed E-state index contributed by atoms with van der Waals surface area (Å²) in [7, 11) is 0. The van der Waals surface area contributed by atoms with E-state index in [0.717, 1.165) is 5.56 Å². The molecule has 3 amide bonds. The number of halogens is 1. The van der Waals surface area contributed by atoms with Gasteiger partial charge >= 0.3 is 12.1 Å². The predicted octanol–water partition coefficient (Wildman–Crippen LogP) is 4.26. The second-order valence-corrected chi connectivity index (χ2v) is 11.3. The van der Waals surface area contributed by atoms with E-state index in [1.54, 1.807) is 48.5 Å². The summed E-state index contributed by atoms with van der Waals surface area (Å²) in [6.07, 6.45) is 4.44. The molecular formula is C32H28ClN7O6. The van der Waals surface area contributed by atoms with Crippen LogP contribution in [0, 0.1) is 0 Å². The zero-order valence-electron chi connectivity index (χ0n) is 24.3. The number of nitrogens with one attached hydrogen (secondary N) is 3. The van der Waals surface area contributed by atoms with Crippen LogP contribution in [0.25, 0.3) is 11.8 Å². The molecule has 2 fully saturated rings. The molecule has 3 aromatic carbocycles. The molecule has 1 aliphatic heterocycles. The van der Waals surface area contributed by atoms with Crippen LogP contribution in [0.15, 0.2) is 85.2 Å². The van der Waals surface area contributed by atoms with Gasteiger partial charge in [-0.1, -0.05) is 41.9 Å². The molecule has 2 heterocycles. The van der Waals surface area contributed by atoms with Gasteiger partial charge in [-0.3, -0.25) is 19.7 Å². The number of hydrogen-bond acceptors (Lipinski definition) is 9. The molecule has 1 aromatic heterocycles. The summed E-state index contributed by atoms with van der Waals surface area (Å²) in [5.41, 5.74) is 1.85. The fourth-order valence-electron chi connectivity index (χ4n) is 5.26. The molecule has 1 saturated heterocycles. The Balaban J connectivity index is 1.12. The summed E-state index contributed by atoms with van der Waals surface area (Å²) in [5, 5.41) is 20.1. The van der Waals surface area contributed by atoms with E-state index >= 15 is 0 Å². The van der Waals surface area contributed by atoms with Gasteiger partial charge in [0.2, 0.25) is 5.91 Å². The molecule has 1 aliphatic carbocycles. The van der Waals surface area contributed by atoms with Crippen molar-refractivity contribution in [3.05, 3.63) is 101 Å². The largest absolute Gasteiger partial charge is 0.459 e. The maximum atomic E-state index is 13.7. The Morgan fingerprint density at radius 1 is 1.04 bits per heavy atom. The van der Waals surface area contributed by atoms with Crippen LogP contribution in [0.4, 0.5) is 16.2 Å². The van der Waals surface area contributed by atoms with Crippen molar-refractivity contribution in [2.24, 2.45) is 0 Å². The van der Waals surface area contributed by atoms with Crippen molar-refractivity contribution in [1.29, 1.82) is 0 Å². The van der Waals surface area contributed by atoms with Crippen LogP contribution in [-0.4, -0.2) is 62.3 Å². The minimum atomic E-state index is -1.19. The maximum absolute atomic E-state index is 13.7. The van der Waals surface area contributed by atoms with E-state index in [-0.39, 0.29) is 24.4 Å². The molecule has 0 bridgehead atoms. The molecule has 1 saturated carbocycles. The number of carbonyl (C=O) groups is 4. The van der Waals surface area contributed by atoms with Crippen molar-refractivity contribution in [3.63, 3.8) is 0 Å². The highest BCUT2D eigenvalue weighted by atomic mass is 35.5. The van der Waals surface area contributed by atoms with Gasteiger partial charge in [-0.25, -0.2) is 4.79 Å². The Kier molecular flexibility index (Phi) is 8.74. The lowest BCUT2D eigenvalue weighted by Gasteiger charge is -2.19. The first-order chi connectivity index (χ1) is 22.3. The van der Waals surface area contributed by atoms with Crippen molar-refractivity contribution in [1.82, 2.24) is 25.5 Å². The zero-order chi connectivity index (χ0) is 32.1.